The maximum absolute atomic E-state index is 13.3. The molecule has 3 rings (SSSR count). The number of nitrogens with one attached hydrogen (secondary N) is 1. The molecule has 2 aromatic rings. The van der Waals surface area contributed by atoms with Crippen molar-refractivity contribution in [2.75, 3.05) is 5.75 Å². The van der Waals surface area contributed by atoms with E-state index in [1.54, 1.807) is 16.7 Å². The lowest BCUT2D eigenvalue weighted by Crippen LogP contribution is -2.51. The van der Waals surface area contributed by atoms with Crippen molar-refractivity contribution in [3.8, 4) is 0 Å². The first-order valence-corrected chi connectivity index (χ1v) is 12.9. The van der Waals surface area contributed by atoms with Crippen LogP contribution in [0.25, 0.3) is 0 Å². The summed E-state index contributed by atoms with van der Waals surface area (Å²) in [7, 11) is 0. The van der Waals surface area contributed by atoms with Gasteiger partial charge in [0.15, 0.2) is 0 Å². The van der Waals surface area contributed by atoms with Crippen LogP contribution in [0.3, 0.4) is 0 Å². The first-order valence-electron chi connectivity index (χ1n) is 11.5. The predicted octanol–water partition coefficient (Wildman–Crippen LogP) is 6.00. The van der Waals surface area contributed by atoms with Crippen LogP contribution < -0.4 is 5.32 Å². The number of hydrogen-bond acceptors (Lipinski definition) is 3. The molecule has 4 nitrogen and oxygen atoms in total. The number of carbonyl (C=O) groups is 2. The molecule has 2 amide bonds. The maximum Gasteiger partial charge on any atom is 0.243 e. The molecule has 2 aromatic carbocycles. The van der Waals surface area contributed by atoms with E-state index in [-0.39, 0.29) is 17.9 Å². The van der Waals surface area contributed by atoms with Gasteiger partial charge in [0.1, 0.15) is 6.04 Å². The van der Waals surface area contributed by atoms with Crippen molar-refractivity contribution in [3.63, 3.8) is 0 Å². The van der Waals surface area contributed by atoms with Crippen molar-refractivity contribution < 1.29 is 9.59 Å². The van der Waals surface area contributed by atoms with Crippen LogP contribution in [-0.4, -0.2) is 34.6 Å². The Morgan fingerprint density at radius 2 is 1.75 bits per heavy atom. The van der Waals surface area contributed by atoms with Crippen LogP contribution in [0.1, 0.15) is 56.6 Å². The first kappa shape index (κ1) is 24.7. The Kier molecular flexibility index (Phi) is 9.49. The van der Waals surface area contributed by atoms with Crippen molar-refractivity contribution in [1.82, 2.24) is 10.2 Å². The van der Waals surface area contributed by atoms with Crippen molar-refractivity contribution in [2.24, 2.45) is 0 Å². The van der Waals surface area contributed by atoms with Crippen LogP contribution in [0.5, 0.6) is 0 Å². The molecule has 1 N–H and O–H groups in total. The highest BCUT2D eigenvalue weighted by Crippen LogP contribution is 2.22. The second kappa shape index (κ2) is 12.3. The van der Waals surface area contributed by atoms with Gasteiger partial charge in [0, 0.05) is 34.7 Å². The highest BCUT2D eigenvalue weighted by atomic mass is 35.5. The highest BCUT2D eigenvalue weighted by molar-refractivity contribution is 7.99. The molecular formula is C26H33ClN2O2S. The van der Waals surface area contributed by atoms with Crippen LogP contribution in [0.15, 0.2) is 53.4 Å². The van der Waals surface area contributed by atoms with Crippen LogP contribution in [0, 0.1) is 6.92 Å². The van der Waals surface area contributed by atoms with Crippen LogP contribution in [0.2, 0.25) is 5.02 Å². The monoisotopic (exact) mass is 472 g/mol. The van der Waals surface area contributed by atoms with Gasteiger partial charge in [0.2, 0.25) is 11.8 Å². The van der Waals surface area contributed by atoms with Gasteiger partial charge in [-0.2, -0.15) is 0 Å². The van der Waals surface area contributed by atoms with Crippen molar-refractivity contribution in [3.05, 3.63) is 64.7 Å². The number of hydrogen-bond donors (Lipinski definition) is 1. The molecular weight excluding hydrogens is 440 g/mol. The van der Waals surface area contributed by atoms with Gasteiger partial charge in [-0.1, -0.05) is 61.2 Å². The lowest BCUT2D eigenvalue weighted by molar-refractivity contribution is -0.141. The normalized spacial score (nSPS) is 14.8. The second-order valence-corrected chi connectivity index (χ2v) is 10.1. The Morgan fingerprint density at radius 3 is 2.38 bits per heavy atom. The van der Waals surface area contributed by atoms with Crippen molar-refractivity contribution >= 4 is 35.2 Å². The van der Waals surface area contributed by atoms with E-state index in [0.717, 1.165) is 36.1 Å². The summed E-state index contributed by atoms with van der Waals surface area (Å²) in [5.41, 5.74) is 2.19. The third kappa shape index (κ3) is 7.28. The minimum absolute atomic E-state index is 0.00739. The lowest BCUT2D eigenvalue weighted by Gasteiger charge is -2.31. The molecule has 1 atom stereocenters. The number of amides is 2. The SMILES string of the molecule is CCC(C(=O)NC1CCCC1)N(Cc1ccc(Cl)cc1)C(=O)CCSc1ccc(C)cc1. The molecule has 1 aliphatic rings. The summed E-state index contributed by atoms with van der Waals surface area (Å²) in [6, 6.07) is 15.6. The number of benzene rings is 2. The Morgan fingerprint density at radius 1 is 1.09 bits per heavy atom. The summed E-state index contributed by atoms with van der Waals surface area (Å²) in [4.78, 5) is 29.3. The molecule has 0 spiro atoms. The summed E-state index contributed by atoms with van der Waals surface area (Å²) in [5.74, 6) is 0.653. The van der Waals surface area contributed by atoms with E-state index >= 15 is 0 Å². The average molecular weight is 473 g/mol. The molecule has 0 aliphatic heterocycles. The van der Waals surface area contributed by atoms with Crippen LogP contribution in [0.4, 0.5) is 0 Å². The fourth-order valence-corrected chi connectivity index (χ4v) is 5.07. The zero-order valence-corrected chi connectivity index (χ0v) is 20.6. The third-order valence-corrected chi connectivity index (χ3v) is 7.23. The molecule has 0 saturated heterocycles. The third-order valence-electron chi connectivity index (χ3n) is 5.96. The Hall–Kier alpha value is -1.98. The second-order valence-electron chi connectivity index (χ2n) is 8.47. The molecule has 0 bridgehead atoms. The lowest BCUT2D eigenvalue weighted by atomic mass is 10.1. The van der Waals surface area contributed by atoms with Gasteiger partial charge in [-0.05, 0) is 56.0 Å². The summed E-state index contributed by atoms with van der Waals surface area (Å²) in [5, 5.41) is 3.85. The van der Waals surface area contributed by atoms with E-state index in [1.165, 1.54) is 5.56 Å². The summed E-state index contributed by atoms with van der Waals surface area (Å²) in [6.07, 6.45) is 5.35. The van der Waals surface area contributed by atoms with E-state index in [1.807, 2.05) is 31.2 Å². The smallest absolute Gasteiger partial charge is 0.243 e. The van der Waals surface area contributed by atoms with Gasteiger partial charge in [-0.25, -0.2) is 0 Å². The van der Waals surface area contributed by atoms with Crippen molar-refractivity contribution in [1.29, 1.82) is 0 Å². The Bertz CT molecular complexity index is 880. The number of carbonyl (C=O) groups excluding carboxylic acids is 2. The fourth-order valence-electron chi connectivity index (χ4n) is 4.11. The number of rotatable bonds is 10. The topological polar surface area (TPSA) is 49.4 Å². The standard InChI is InChI=1S/C26H33ClN2O2S/c1-3-24(26(31)28-22-6-4-5-7-22)29(18-20-10-12-21(27)13-11-20)25(30)16-17-32-23-14-8-19(2)9-15-23/h8-15,22,24H,3-7,16-18H2,1-2H3,(H,28,31). The molecule has 0 radical (unpaired) electrons. The molecule has 6 heteroatoms. The van der Waals surface area contributed by atoms with Gasteiger partial charge in [-0.15, -0.1) is 11.8 Å². The average Bonchev–Trinajstić information content (AvgIpc) is 3.29. The quantitative estimate of drug-likeness (QED) is 0.431. The minimum Gasteiger partial charge on any atom is -0.352 e. The molecule has 0 aromatic heterocycles. The molecule has 172 valence electrons. The summed E-state index contributed by atoms with van der Waals surface area (Å²) in [6.45, 7) is 4.44. The summed E-state index contributed by atoms with van der Waals surface area (Å²) < 4.78 is 0. The largest absolute Gasteiger partial charge is 0.352 e. The highest BCUT2D eigenvalue weighted by Gasteiger charge is 2.30. The maximum atomic E-state index is 13.3. The van der Waals surface area contributed by atoms with Gasteiger partial charge >= 0.3 is 0 Å². The summed E-state index contributed by atoms with van der Waals surface area (Å²) >= 11 is 7.71. The Labute approximate surface area is 201 Å². The van der Waals surface area contributed by atoms with E-state index < -0.39 is 6.04 Å². The molecule has 32 heavy (non-hydrogen) atoms. The molecule has 0 heterocycles. The van der Waals surface area contributed by atoms with Crippen LogP contribution in [-0.2, 0) is 16.1 Å². The van der Waals surface area contributed by atoms with E-state index in [4.69, 9.17) is 11.6 Å². The van der Waals surface area contributed by atoms with E-state index in [0.29, 0.717) is 30.2 Å². The minimum atomic E-state index is -0.469. The zero-order chi connectivity index (χ0) is 22.9. The van der Waals surface area contributed by atoms with Gasteiger partial charge in [-0.3, -0.25) is 9.59 Å². The van der Waals surface area contributed by atoms with Crippen molar-refractivity contribution in [2.45, 2.75) is 75.9 Å². The van der Waals surface area contributed by atoms with Gasteiger partial charge in [0.25, 0.3) is 0 Å². The fraction of sp³-hybridized carbons (Fsp3) is 0.462. The molecule has 1 unspecified atom stereocenters. The number of thioether (sulfide) groups is 1. The van der Waals surface area contributed by atoms with Gasteiger partial charge < -0.3 is 10.2 Å². The molecule has 1 saturated carbocycles. The zero-order valence-electron chi connectivity index (χ0n) is 19.0. The van der Waals surface area contributed by atoms with E-state index in [9.17, 15) is 9.59 Å². The number of halogens is 1. The van der Waals surface area contributed by atoms with Crippen LogP contribution >= 0.6 is 23.4 Å². The number of aryl methyl sites for hydroxylation is 1. The number of nitrogens with zero attached hydrogens (tertiary/aromatic N) is 1. The predicted molar refractivity (Wildman–Crippen MR) is 133 cm³/mol. The molecule has 1 fully saturated rings. The van der Waals surface area contributed by atoms with Gasteiger partial charge in [0.05, 0.1) is 0 Å². The first-order chi connectivity index (χ1) is 15.5. The van der Waals surface area contributed by atoms with E-state index in [2.05, 4.69) is 36.5 Å². The Balaban J connectivity index is 1.68. The molecule has 1 aliphatic carbocycles.